The standard InChI is InChI=1S/C27H42O6S/c1-8-34-27-20(6)23(19(5)24(33-27)25(28)29-7)32-26-18(4)16(2)17(3)22(31-26)15-30-14-21-12-10-9-11-13-21/h9-13,16-20,22-24,26-27H,8,14-15H2,1-7H3/t16-,17+,18?,19+,20?,22?,23-,24?,26-,27+/m0/s1. The number of methoxy groups -OCH3 is 1. The van der Waals surface area contributed by atoms with Gasteiger partial charge in [0.25, 0.3) is 0 Å². The van der Waals surface area contributed by atoms with Gasteiger partial charge >= 0.3 is 5.97 Å². The van der Waals surface area contributed by atoms with E-state index in [0.29, 0.717) is 25.0 Å². The van der Waals surface area contributed by atoms with Gasteiger partial charge in [0, 0.05) is 17.8 Å². The molecule has 1 aromatic rings. The van der Waals surface area contributed by atoms with E-state index in [4.69, 9.17) is 23.7 Å². The Hall–Kier alpha value is -1.12. The molecule has 0 amide bonds. The van der Waals surface area contributed by atoms with Crippen LogP contribution in [0, 0.1) is 29.6 Å². The Kier molecular flexibility index (Phi) is 10.3. The quantitative estimate of drug-likeness (QED) is 0.440. The van der Waals surface area contributed by atoms with Crippen LogP contribution in [0.5, 0.6) is 0 Å². The number of esters is 1. The van der Waals surface area contributed by atoms with E-state index in [0.717, 1.165) is 11.3 Å². The molecule has 0 aromatic heterocycles. The van der Waals surface area contributed by atoms with Crippen molar-refractivity contribution in [3.05, 3.63) is 35.9 Å². The molecule has 10 atom stereocenters. The van der Waals surface area contributed by atoms with E-state index in [1.165, 1.54) is 7.11 Å². The normalized spacial score (nSPS) is 38.4. The van der Waals surface area contributed by atoms with Crippen molar-refractivity contribution < 1.29 is 28.5 Å². The summed E-state index contributed by atoms with van der Waals surface area (Å²) in [6.07, 6.45) is -1.24. The van der Waals surface area contributed by atoms with Crippen LogP contribution < -0.4 is 0 Å². The first-order valence-electron chi connectivity index (χ1n) is 12.6. The summed E-state index contributed by atoms with van der Waals surface area (Å²) in [5.41, 5.74) is 1.02. The van der Waals surface area contributed by atoms with Crippen LogP contribution in [0.15, 0.2) is 30.3 Å². The summed E-state index contributed by atoms with van der Waals surface area (Å²) in [6, 6.07) is 10.2. The van der Waals surface area contributed by atoms with Crippen molar-refractivity contribution in [3.8, 4) is 0 Å². The smallest absolute Gasteiger partial charge is 0.335 e. The fourth-order valence-corrected chi connectivity index (χ4v) is 6.03. The van der Waals surface area contributed by atoms with Crippen LogP contribution in [0.4, 0.5) is 0 Å². The second-order valence-electron chi connectivity index (χ2n) is 9.84. The lowest BCUT2D eigenvalue weighted by Gasteiger charge is -2.48. The van der Waals surface area contributed by atoms with Crippen LogP contribution in [-0.2, 0) is 35.1 Å². The fourth-order valence-electron chi connectivity index (χ4n) is 5.04. The SMILES string of the molecule is CCS[C@H]1OC(C(=O)OC)[C@H](C)[C@H](O[C@@H]2OC(COCc3ccccc3)[C@H](C)[C@H](C)C2C)C1C. The van der Waals surface area contributed by atoms with Crippen LogP contribution in [0.2, 0.25) is 0 Å². The minimum Gasteiger partial charge on any atom is -0.467 e. The number of carbonyl (C=O) groups is 1. The van der Waals surface area contributed by atoms with Crippen LogP contribution in [0.3, 0.4) is 0 Å². The number of ether oxygens (including phenoxy) is 5. The summed E-state index contributed by atoms with van der Waals surface area (Å²) in [5.74, 6) is 1.50. The predicted octanol–water partition coefficient (Wildman–Crippen LogP) is 5.14. The third kappa shape index (κ3) is 6.35. The van der Waals surface area contributed by atoms with Gasteiger partial charge in [-0.05, 0) is 23.2 Å². The molecule has 2 aliphatic heterocycles. The molecule has 0 spiro atoms. The average molecular weight is 495 g/mol. The number of rotatable bonds is 9. The van der Waals surface area contributed by atoms with Crippen molar-refractivity contribution in [1.82, 2.24) is 0 Å². The third-order valence-electron chi connectivity index (χ3n) is 7.66. The van der Waals surface area contributed by atoms with Crippen LogP contribution >= 0.6 is 11.8 Å². The zero-order chi connectivity index (χ0) is 24.8. The van der Waals surface area contributed by atoms with Crippen LogP contribution in [-0.4, -0.2) is 55.5 Å². The zero-order valence-electron chi connectivity index (χ0n) is 21.6. The Morgan fingerprint density at radius 3 is 2.29 bits per heavy atom. The highest BCUT2D eigenvalue weighted by molar-refractivity contribution is 7.99. The maximum Gasteiger partial charge on any atom is 0.335 e. The predicted molar refractivity (Wildman–Crippen MR) is 134 cm³/mol. The van der Waals surface area contributed by atoms with Gasteiger partial charge in [-0.3, -0.25) is 0 Å². The average Bonchev–Trinajstić information content (AvgIpc) is 2.84. The highest BCUT2D eigenvalue weighted by Gasteiger charge is 2.49. The molecule has 6 nitrogen and oxygen atoms in total. The number of carbonyl (C=O) groups excluding carboxylic acids is 1. The van der Waals surface area contributed by atoms with Crippen LogP contribution in [0.1, 0.15) is 47.1 Å². The van der Waals surface area contributed by atoms with Crippen LogP contribution in [0.25, 0.3) is 0 Å². The van der Waals surface area contributed by atoms with Crippen molar-refractivity contribution >= 4 is 17.7 Å². The summed E-state index contributed by atoms with van der Waals surface area (Å²) in [5, 5.41) is 0. The van der Waals surface area contributed by atoms with Crippen molar-refractivity contribution in [2.75, 3.05) is 19.5 Å². The maximum absolute atomic E-state index is 12.5. The Balaban J connectivity index is 1.69. The molecule has 0 radical (unpaired) electrons. The summed E-state index contributed by atoms with van der Waals surface area (Å²) >= 11 is 1.70. The first-order valence-corrected chi connectivity index (χ1v) is 13.6. The summed E-state index contributed by atoms with van der Waals surface area (Å²) in [4.78, 5) is 12.5. The number of thioether (sulfide) groups is 1. The van der Waals surface area contributed by atoms with Gasteiger partial charge in [0.1, 0.15) is 5.44 Å². The topological polar surface area (TPSA) is 63.2 Å². The molecule has 3 rings (SSSR count). The second kappa shape index (κ2) is 12.7. The highest BCUT2D eigenvalue weighted by atomic mass is 32.2. The molecular formula is C27H42O6S. The maximum atomic E-state index is 12.5. The molecule has 0 bridgehead atoms. The molecule has 0 saturated carbocycles. The van der Waals surface area contributed by atoms with E-state index in [1.54, 1.807) is 11.8 Å². The Bertz CT molecular complexity index is 761. The first kappa shape index (κ1) is 27.5. The van der Waals surface area contributed by atoms with Crippen molar-refractivity contribution in [2.45, 2.75) is 78.2 Å². The fraction of sp³-hybridized carbons (Fsp3) is 0.741. The van der Waals surface area contributed by atoms with Crippen molar-refractivity contribution in [1.29, 1.82) is 0 Å². The first-order chi connectivity index (χ1) is 16.3. The van der Waals surface area contributed by atoms with E-state index in [-0.39, 0.29) is 47.7 Å². The summed E-state index contributed by atoms with van der Waals surface area (Å²) in [7, 11) is 1.41. The van der Waals surface area contributed by atoms with Gasteiger partial charge in [0.2, 0.25) is 0 Å². The molecule has 2 aliphatic rings. The van der Waals surface area contributed by atoms with E-state index in [9.17, 15) is 4.79 Å². The third-order valence-corrected chi connectivity index (χ3v) is 8.86. The number of benzene rings is 1. The Morgan fingerprint density at radius 1 is 0.941 bits per heavy atom. The lowest BCUT2D eigenvalue weighted by atomic mass is 9.78. The molecule has 0 aliphatic carbocycles. The lowest BCUT2D eigenvalue weighted by Crippen LogP contribution is -2.56. The molecule has 2 fully saturated rings. The van der Waals surface area contributed by atoms with Gasteiger partial charge in [0.05, 0.1) is 32.5 Å². The lowest BCUT2D eigenvalue weighted by molar-refractivity contribution is -0.296. The Labute approximate surface area is 209 Å². The van der Waals surface area contributed by atoms with Gasteiger partial charge in [-0.25, -0.2) is 4.79 Å². The summed E-state index contributed by atoms with van der Waals surface area (Å²) in [6.45, 7) is 14.0. The summed E-state index contributed by atoms with van der Waals surface area (Å²) < 4.78 is 30.5. The van der Waals surface area contributed by atoms with Gasteiger partial charge in [-0.2, -0.15) is 0 Å². The second-order valence-corrected chi connectivity index (χ2v) is 11.2. The van der Waals surface area contributed by atoms with E-state index < -0.39 is 6.10 Å². The van der Waals surface area contributed by atoms with Gasteiger partial charge in [-0.15, -0.1) is 11.8 Å². The molecule has 2 saturated heterocycles. The molecule has 34 heavy (non-hydrogen) atoms. The highest BCUT2D eigenvalue weighted by Crippen LogP contribution is 2.42. The van der Waals surface area contributed by atoms with E-state index >= 15 is 0 Å². The molecular weight excluding hydrogens is 452 g/mol. The van der Waals surface area contributed by atoms with Gasteiger partial charge in [0.15, 0.2) is 12.4 Å². The number of hydrogen-bond donors (Lipinski definition) is 0. The minimum absolute atomic E-state index is 0.0532. The van der Waals surface area contributed by atoms with E-state index in [2.05, 4.69) is 46.8 Å². The molecule has 7 heteroatoms. The van der Waals surface area contributed by atoms with Gasteiger partial charge < -0.3 is 23.7 Å². The van der Waals surface area contributed by atoms with Crippen molar-refractivity contribution in [3.63, 3.8) is 0 Å². The Morgan fingerprint density at radius 2 is 1.65 bits per heavy atom. The molecule has 1 aromatic carbocycles. The van der Waals surface area contributed by atoms with Gasteiger partial charge in [-0.1, -0.05) is 71.9 Å². The van der Waals surface area contributed by atoms with E-state index in [1.807, 2.05) is 25.1 Å². The molecule has 0 N–H and O–H groups in total. The zero-order valence-corrected chi connectivity index (χ0v) is 22.5. The largest absolute Gasteiger partial charge is 0.467 e. The molecule has 192 valence electrons. The minimum atomic E-state index is -0.643. The monoisotopic (exact) mass is 494 g/mol. The number of hydrogen-bond acceptors (Lipinski definition) is 7. The molecule has 4 unspecified atom stereocenters. The molecule has 2 heterocycles. The van der Waals surface area contributed by atoms with Crippen molar-refractivity contribution in [2.24, 2.45) is 29.6 Å².